The molecular formula is C15H19N3O2. The zero-order valence-electron chi connectivity index (χ0n) is 11.5. The van der Waals surface area contributed by atoms with E-state index in [2.05, 4.69) is 5.32 Å². The minimum Gasteiger partial charge on any atom is -0.384 e. The van der Waals surface area contributed by atoms with E-state index in [-0.39, 0.29) is 5.69 Å². The van der Waals surface area contributed by atoms with Gasteiger partial charge < -0.3 is 5.32 Å². The fourth-order valence-corrected chi connectivity index (χ4v) is 2.71. The van der Waals surface area contributed by atoms with Gasteiger partial charge in [0.2, 0.25) is 0 Å². The number of nitriles is 1. The van der Waals surface area contributed by atoms with E-state index in [0.29, 0.717) is 17.2 Å². The lowest BCUT2D eigenvalue weighted by atomic mass is 10.00. The van der Waals surface area contributed by atoms with E-state index in [0.717, 1.165) is 6.54 Å². The molecule has 20 heavy (non-hydrogen) atoms. The Morgan fingerprint density at radius 2 is 2.00 bits per heavy atom. The normalized spacial score (nSPS) is 16.1. The van der Waals surface area contributed by atoms with E-state index in [1.807, 2.05) is 6.07 Å². The van der Waals surface area contributed by atoms with Crippen molar-refractivity contribution in [1.29, 1.82) is 5.26 Å². The third-order valence-corrected chi connectivity index (χ3v) is 3.89. The summed E-state index contributed by atoms with van der Waals surface area (Å²) in [5.41, 5.74) is 0.997. The quantitative estimate of drug-likeness (QED) is 0.513. The van der Waals surface area contributed by atoms with E-state index >= 15 is 0 Å². The second-order valence-electron chi connectivity index (χ2n) is 5.34. The highest BCUT2D eigenvalue weighted by Gasteiger charge is 2.14. The summed E-state index contributed by atoms with van der Waals surface area (Å²) in [5, 5.41) is 23.1. The van der Waals surface area contributed by atoms with E-state index in [9.17, 15) is 10.1 Å². The summed E-state index contributed by atoms with van der Waals surface area (Å²) in [6, 6.07) is 6.43. The van der Waals surface area contributed by atoms with Gasteiger partial charge >= 0.3 is 0 Å². The smallest absolute Gasteiger partial charge is 0.270 e. The monoisotopic (exact) mass is 273 g/mol. The second kappa shape index (κ2) is 6.90. The molecule has 0 amide bonds. The predicted octanol–water partition coefficient (Wildman–Crippen LogP) is 3.85. The molecule has 1 aromatic rings. The standard InChI is InChI=1S/C15H19N3O2/c16-10-13-9-14(18(19)20)7-8-15(13)17-11-12-5-3-1-2-4-6-12/h7-9,12,17H,1-6,11H2. The van der Waals surface area contributed by atoms with Gasteiger partial charge in [0.1, 0.15) is 6.07 Å². The molecular weight excluding hydrogens is 254 g/mol. The average Bonchev–Trinajstić information content (AvgIpc) is 2.73. The Morgan fingerprint density at radius 3 is 2.60 bits per heavy atom. The molecule has 0 heterocycles. The van der Waals surface area contributed by atoms with Crippen molar-refractivity contribution in [3.63, 3.8) is 0 Å². The predicted molar refractivity (Wildman–Crippen MR) is 77.5 cm³/mol. The van der Waals surface area contributed by atoms with Gasteiger partial charge in [0.25, 0.3) is 5.69 Å². The highest BCUT2D eigenvalue weighted by molar-refractivity contribution is 5.61. The Hall–Kier alpha value is -2.09. The maximum Gasteiger partial charge on any atom is 0.270 e. The van der Waals surface area contributed by atoms with Gasteiger partial charge in [-0.05, 0) is 24.8 Å². The molecule has 0 unspecified atom stereocenters. The fraction of sp³-hybridized carbons (Fsp3) is 0.533. The largest absolute Gasteiger partial charge is 0.384 e. The molecule has 106 valence electrons. The van der Waals surface area contributed by atoms with Gasteiger partial charge in [0.15, 0.2) is 0 Å². The summed E-state index contributed by atoms with van der Waals surface area (Å²) in [6.07, 6.45) is 7.63. The van der Waals surface area contributed by atoms with Crippen LogP contribution in [-0.2, 0) is 0 Å². The van der Waals surface area contributed by atoms with Gasteiger partial charge in [-0.25, -0.2) is 0 Å². The summed E-state index contributed by atoms with van der Waals surface area (Å²) in [4.78, 5) is 10.2. The minimum atomic E-state index is -0.476. The second-order valence-corrected chi connectivity index (χ2v) is 5.34. The van der Waals surface area contributed by atoms with Crippen LogP contribution in [0.5, 0.6) is 0 Å². The Morgan fingerprint density at radius 1 is 1.30 bits per heavy atom. The van der Waals surface area contributed by atoms with Crippen LogP contribution in [0.1, 0.15) is 44.1 Å². The number of rotatable bonds is 4. The van der Waals surface area contributed by atoms with Crippen molar-refractivity contribution in [2.75, 3.05) is 11.9 Å². The number of nitrogens with one attached hydrogen (secondary N) is 1. The topological polar surface area (TPSA) is 79.0 Å². The number of anilines is 1. The first kappa shape index (κ1) is 14.3. The number of benzene rings is 1. The highest BCUT2D eigenvalue weighted by atomic mass is 16.6. The van der Waals surface area contributed by atoms with Crippen LogP contribution in [0, 0.1) is 27.4 Å². The summed E-state index contributed by atoms with van der Waals surface area (Å²) >= 11 is 0. The Labute approximate surface area is 118 Å². The van der Waals surface area contributed by atoms with Crippen LogP contribution >= 0.6 is 0 Å². The Kier molecular flexibility index (Phi) is 4.94. The van der Waals surface area contributed by atoms with E-state index < -0.39 is 4.92 Å². The summed E-state index contributed by atoms with van der Waals surface area (Å²) in [7, 11) is 0. The molecule has 1 N–H and O–H groups in total. The number of nitro benzene ring substituents is 1. The molecule has 1 fully saturated rings. The molecule has 0 bridgehead atoms. The molecule has 0 aliphatic heterocycles. The molecule has 1 saturated carbocycles. The average molecular weight is 273 g/mol. The van der Waals surface area contributed by atoms with Crippen molar-refractivity contribution in [2.24, 2.45) is 5.92 Å². The van der Waals surface area contributed by atoms with Crippen LogP contribution in [0.4, 0.5) is 11.4 Å². The molecule has 0 radical (unpaired) electrons. The molecule has 0 spiro atoms. The number of nitrogens with zero attached hydrogens (tertiary/aromatic N) is 2. The molecule has 0 atom stereocenters. The molecule has 0 saturated heterocycles. The van der Waals surface area contributed by atoms with Crippen molar-refractivity contribution in [1.82, 2.24) is 0 Å². The molecule has 0 aromatic heterocycles. The van der Waals surface area contributed by atoms with Gasteiger partial charge in [0.05, 0.1) is 16.2 Å². The zero-order chi connectivity index (χ0) is 14.4. The lowest BCUT2D eigenvalue weighted by Gasteiger charge is -2.16. The summed E-state index contributed by atoms with van der Waals surface area (Å²) < 4.78 is 0. The fourth-order valence-electron chi connectivity index (χ4n) is 2.71. The molecule has 1 aliphatic rings. The third-order valence-electron chi connectivity index (χ3n) is 3.89. The zero-order valence-corrected chi connectivity index (χ0v) is 11.5. The van der Waals surface area contributed by atoms with Crippen molar-refractivity contribution in [3.8, 4) is 6.07 Å². The van der Waals surface area contributed by atoms with Crippen molar-refractivity contribution >= 4 is 11.4 Å². The first-order valence-electron chi connectivity index (χ1n) is 7.13. The minimum absolute atomic E-state index is 0.0402. The number of non-ortho nitro benzene ring substituents is 1. The van der Waals surface area contributed by atoms with Gasteiger partial charge in [-0.2, -0.15) is 5.26 Å². The van der Waals surface area contributed by atoms with Crippen LogP contribution < -0.4 is 5.32 Å². The van der Waals surface area contributed by atoms with Crippen LogP contribution in [0.15, 0.2) is 18.2 Å². The van der Waals surface area contributed by atoms with Crippen molar-refractivity contribution < 1.29 is 4.92 Å². The van der Waals surface area contributed by atoms with Crippen molar-refractivity contribution in [3.05, 3.63) is 33.9 Å². The SMILES string of the molecule is N#Cc1cc([N+](=O)[O-])ccc1NCC1CCCCCC1. The highest BCUT2D eigenvalue weighted by Crippen LogP contribution is 2.25. The molecule has 5 heteroatoms. The Balaban J connectivity index is 2.01. The van der Waals surface area contributed by atoms with Crippen LogP contribution in [0.3, 0.4) is 0 Å². The number of hydrogen-bond donors (Lipinski definition) is 1. The summed E-state index contributed by atoms with van der Waals surface area (Å²) in [5.74, 6) is 0.638. The van der Waals surface area contributed by atoms with Crippen molar-refractivity contribution in [2.45, 2.75) is 38.5 Å². The molecule has 2 rings (SSSR count). The van der Waals surface area contributed by atoms with E-state index in [4.69, 9.17) is 5.26 Å². The maximum atomic E-state index is 10.7. The first-order valence-corrected chi connectivity index (χ1v) is 7.13. The van der Waals surface area contributed by atoms with E-state index in [1.165, 1.54) is 50.7 Å². The maximum absolute atomic E-state index is 10.7. The third kappa shape index (κ3) is 3.70. The lowest BCUT2D eigenvalue weighted by molar-refractivity contribution is -0.384. The van der Waals surface area contributed by atoms with E-state index in [1.54, 1.807) is 6.07 Å². The van der Waals surface area contributed by atoms with Crippen LogP contribution in [0.25, 0.3) is 0 Å². The lowest BCUT2D eigenvalue weighted by Crippen LogP contribution is -2.14. The van der Waals surface area contributed by atoms with Gasteiger partial charge in [0, 0.05) is 18.7 Å². The van der Waals surface area contributed by atoms with Gasteiger partial charge in [-0.15, -0.1) is 0 Å². The Bertz CT molecular complexity index is 514. The molecule has 5 nitrogen and oxygen atoms in total. The molecule has 1 aromatic carbocycles. The van der Waals surface area contributed by atoms with Gasteiger partial charge in [-0.1, -0.05) is 25.7 Å². The van der Waals surface area contributed by atoms with Gasteiger partial charge in [-0.3, -0.25) is 10.1 Å². The van der Waals surface area contributed by atoms with Crippen LogP contribution in [0.2, 0.25) is 0 Å². The molecule has 1 aliphatic carbocycles. The summed E-state index contributed by atoms with van der Waals surface area (Å²) in [6.45, 7) is 0.840. The van der Waals surface area contributed by atoms with Crippen LogP contribution in [-0.4, -0.2) is 11.5 Å². The number of nitro groups is 1. The number of hydrogen-bond acceptors (Lipinski definition) is 4. The first-order chi connectivity index (χ1) is 9.70.